The van der Waals surface area contributed by atoms with Gasteiger partial charge in [-0.3, -0.25) is 4.68 Å². The Morgan fingerprint density at radius 3 is 2.75 bits per heavy atom. The van der Waals surface area contributed by atoms with Gasteiger partial charge in [-0.15, -0.1) is 5.10 Å². The maximum absolute atomic E-state index is 5.66. The molecule has 0 aliphatic carbocycles. The van der Waals surface area contributed by atoms with Crippen molar-refractivity contribution in [3.63, 3.8) is 0 Å². The number of aromatic nitrogens is 2. The third-order valence-corrected chi connectivity index (χ3v) is 1.53. The van der Waals surface area contributed by atoms with Crippen LogP contribution in [0.4, 0.5) is 5.69 Å². The third-order valence-electron chi connectivity index (χ3n) is 1.53. The van der Waals surface area contributed by atoms with Crippen LogP contribution in [0.3, 0.4) is 0 Å². The molecule has 0 aliphatic heterocycles. The van der Waals surface area contributed by atoms with E-state index < -0.39 is 0 Å². The van der Waals surface area contributed by atoms with Gasteiger partial charge in [0.1, 0.15) is 5.69 Å². The first kappa shape index (κ1) is 8.90. The van der Waals surface area contributed by atoms with Crippen molar-refractivity contribution in [1.82, 2.24) is 9.78 Å². The Morgan fingerprint density at radius 1 is 1.67 bits per heavy atom. The second kappa shape index (κ2) is 3.47. The topological polar surface area (TPSA) is 53.1 Å². The molecule has 4 heteroatoms. The Bertz CT molecular complexity index is 255. The molecule has 0 saturated heterocycles. The Balaban J connectivity index is 2.85. The molecule has 0 saturated carbocycles. The van der Waals surface area contributed by atoms with Gasteiger partial charge in [0.15, 0.2) is 0 Å². The van der Waals surface area contributed by atoms with E-state index in [1.54, 1.807) is 10.9 Å². The molecule has 0 atom stereocenters. The summed E-state index contributed by atoms with van der Waals surface area (Å²) in [6.07, 6.45) is 1.79. The summed E-state index contributed by atoms with van der Waals surface area (Å²) in [7, 11) is 0. The summed E-state index contributed by atoms with van der Waals surface area (Å²) in [6.45, 7) is 6.59. The molecule has 0 aliphatic rings. The number of anilines is 1. The number of nitrogens with two attached hydrogens (primary N) is 1. The second-order valence-electron chi connectivity index (χ2n) is 2.90. The van der Waals surface area contributed by atoms with Gasteiger partial charge in [-0.1, -0.05) is 0 Å². The van der Waals surface area contributed by atoms with Crippen molar-refractivity contribution in [1.29, 1.82) is 0 Å². The SMILES string of the molecule is CCOc1nn(C(C)C)cc1N. The van der Waals surface area contributed by atoms with Gasteiger partial charge >= 0.3 is 0 Å². The van der Waals surface area contributed by atoms with Gasteiger partial charge in [0.25, 0.3) is 5.88 Å². The number of nitrogens with zero attached hydrogens (tertiary/aromatic N) is 2. The van der Waals surface area contributed by atoms with E-state index in [1.165, 1.54) is 0 Å². The molecule has 68 valence electrons. The summed E-state index contributed by atoms with van der Waals surface area (Å²) >= 11 is 0. The number of ether oxygens (including phenoxy) is 1. The molecular weight excluding hydrogens is 154 g/mol. The van der Waals surface area contributed by atoms with Gasteiger partial charge in [0.05, 0.1) is 12.8 Å². The zero-order valence-corrected chi connectivity index (χ0v) is 7.74. The largest absolute Gasteiger partial charge is 0.475 e. The van der Waals surface area contributed by atoms with E-state index in [2.05, 4.69) is 5.10 Å². The molecule has 1 heterocycles. The van der Waals surface area contributed by atoms with Crippen molar-refractivity contribution in [2.75, 3.05) is 12.3 Å². The maximum Gasteiger partial charge on any atom is 0.256 e. The fraction of sp³-hybridized carbons (Fsp3) is 0.625. The lowest BCUT2D eigenvalue weighted by molar-refractivity contribution is 0.320. The van der Waals surface area contributed by atoms with Crippen molar-refractivity contribution >= 4 is 5.69 Å². The van der Waals surface area contributed by atoms with Crippen molar-refractivity contribution in [2.24, 2.45) is 0 Å². The van der Waals surface area contributed by atoms with E-state index in [0.29, 0.717) is 24.2 Å². The molecular formula is C8H15N3O. The number of rotatable bonds is 3. The highest BCUT2D eigenvalue weighted by Crippen LogP contribution is 2.20. The van der Waals surface area contributed by atoms with Crippen LogP contribution in [0, 0.1) is 0 Å². The first-order valence-corrected chi connectivity index (χ1v) is 4.12. The minimum atomic E-state index is 0.321. The predicted octanol–water partition coefficient (Wildman–Crippen LogP) is 1.44. The lowest BCUT2D eigenvalue weighted by atomic mass is 10.4. The lowest BCUT2D eigenvalue weighted by Crippen LogP contribution is -2.01. The van der Waals surface area contributed by atoms with Crippen molar-refractivity contribution in [3.8, 4) is 5.88 Å². The van der Waals surface area contributed by atoms with E-state index in [1.807, 2.05) is 20.8 Å². The molecule has 0 radical (unpaired) electrons. The normalized spacial score (nSPS) is 10.7. The van der Waals surface area contributed by atoms with Crippen LogP contribution < -0.4 is 10.5 Å². The highest BCUT2D eigenvalue weighted by Gasteiger charge is 2.07. The van der Waals surface area contributed by atoms with Crippen LogP contribution in [0.5, 0.6) is 5.88 Å². The lowest BCUT2D eigenvalue weighted by Gasteiger charge is -2.02. The highest BCUT2D eigenvalue weighted by atomic mass is 16.5. The van der Waals surface area contributed by atoms with Crippen molar-refractivity contribution in [3.05, 3.63) is 6.20 Å². The van der Waals surface area contributed by atoms with E-state index in [-0.39, 0.29) is 0 Å². The zero-order valence-electron chi connectivity index (χ0n) is 7.74. The maximum atomic E-state index is 5.66. The molecule has 4 nitrogen and oxygen atoms in total. The van der Waals surface area contributed by atoms with Crippen LogP contribution >= 0.6 is 0 Å². The van der Waals surface area contributed by atoms with E-state index in [0.717, 1.165) is 0 Å². The van der Waals surface area contributed by atoms with Crippen molar-refractivity contribution in [2.45, 2.75) is 26.8 Å². The molecule has 0 fully saturated rings. The molecule has 0 spiro atoms. The van der Waals surface area contributed by atoms with E-state index in [9.17, 15) is 0 Å². The minimum absolute atomic E-state index is 0.321. The summed E-state index contributed by atoms with van der Waals surface area (Å²) in [5, 5.41) is 4.17. The van der Waals surface area contributed by atoms with Crippen LogP contribution in [0.1, 0.15) is 26.8 Å². The van der Waals surface area contributed by atoms with Gasteiger partial charge < -0.3 is 10.5 Å². The molecule has 1 aromatic heterocycles. The third kappa shape index (κ3) is 1.69. The number of nitrogen functional groups attached to an aromatic ring is 1. The molecule has 2 N–H and O–H groups in total. The molecule has 1 rings (SSSR count). The fourth-order valence-corrected chi connectivity index (χ4v) is 0.903. The standard InChI is InChI=1S/C8H15N3O/c1-4-12-8-7(9)5-11(10-8)6(2)3/h5-6H,4,9H2,1-3H3. The first-order valence-electron chi connectivity index (χ1n) is 4.12. The van der Waals surface area contributed by atoms with E-state index in [4.69, 9.17) is 10.5 Å². The summed E-state index contributed by atoms with van der Waals surface area (Å²) in [4.78, 5) is 0. The first-order chi connectivity index (χ1) is 5.65. The molecule has 0 amide bonds. The Hall–Kier alpha value is -1.19. The molecule has 1 aromatic rings. The van der Waals surface area contributed by atoms with Crippen LogP contribution in [0.2, 0.25) is 0 Å². The van der Waals surface area contributed by atoms with Crippen molar-refractivity contribution < 1.29 is 4.74 Å². The van der Waals surface area contributed by atoms with Gasteiger partial charge in [-0.05, 0) is 20.8 Å². The van der Waals surface area contributed by atoms with Crippen LogP contribution in [0.25, 0.3) is 0 Å². The smallest absolute Gasteiger partial charge is 0.256 e. The fourth-order valence-electron chi connectivity index (χ4n) is 0.903. The molecule has 0 aromatic carbocycles. The minimum Gasteiger partial charge on any atom is -0.475 e. The Kier molecular flexibility index (Phi) is 2.58. The Labute approximate surface area is 72.3 Å². The van der Waals surface area contributed by atoms with E-state index >= 15 is 0 Å². The average Bonchev–Trinajstić information content (AvgIpc) is 2.34. The highest BCUT2D eigenvalue weighted by molar-refractivity contribution is 5.45. The van der Waals surface area contributed by atoms with Crippen LogP contribution in [-0.4, -0.2) is 16.4 Å². The molecule has 12 heavy (non-hydrogen) atoms. The summed E-state index contributed by atoms with van der Waals surface area (Å²) < 4.78 is 7.00. The summed E-state index contributed by atoms with van der Waals surface area (Å²) in [5.41, 5.74) is 6.26. The van der Waals surface area contributed by atoms with Gasteiger partial charge in [-0.2, -0.15) is 0 Å². The number of hydrogen-bond donors (Lipinski definition) is 1. The average molecular weight is 169 g/mol. The van der Waals surface area contributed by atoms with Gasteiger partial charge in [-0.25, -0.2) is 0 Å². The quantitative estimate of drug-likeness (QED) is 0.745. The number of hydrogen-bond acceptors (Lipinski definition) is 3. The summed E-state index contributed by atoms with van der Waals surface area (Å²) in [6, 6.07) is 0.321. The summed E-state index contributed by atoms with van der Waals surface area (Å²) in [5.74, 6) is 0.534. The van der Waals surface area contributed by atoms with Crippen LogP contribution in [0.15, 0.2) is 6.20 Å². The molecule has 0 unspecified atom stereocenters. The Morgan fingerprint density at radius 2 is 2.33 bits per heavy atom. The predicted molar refractivity (Wildman–Crippen MR) is 48.2 cm³/mol. The van der Waals surface area contributed by atoms with Gasteiger partial charge in [0, 0.05) is 6.04 Å². The van der Waals surface area contributed by atoms with Crippen LogP contribution in [-0.2, 0) is 0 Å². The monoisotopic (exact) mass is 169 g/mol. The second-order valence-corrected chi connectivity index (χ2v) is 2.90. The van der Waals surface area contributed by atoms with Gasteiger partial charge in [0.2, 0.25) is 0 Å². The molecule has 0 bridgehead atoms. The zero-order chi connectivity index (χ0) is 9.14.